The molecule has 1 saturated carbocycles. The van der Waals surface area contributed by atoms with Gasteiger partial charge in [0, 0.05) is 18.9 Å². The van der Waals surface area contributed by atoms with Crippen LogP contribution in [0.5, 0.6) is 0 Å². The van der Waals surface area contributed by atoms with Crippen molar-refractivity contribution in [3.05, 3.63) is 11.6 Å². The van der Waals surface area contributed by atoms with Crippen LogP contribution in [-0.4, -0.2) is 25.8 Å². The van der Waals surface area contributed by atoms with Crippen LogP contribution in [0.3, 0.4) is 0 Å². The molecule has 1 aromatic rings. The third-order valence-electron chi connectivity index (χ3n) is 4.52. The summed E-state index contributed by atoms with van der Waals surface area (Å²) >= 11 is 0. The van der Waals surface area contributed by atoms with Crippen LogP contribution in [0.1, 0.15) is 50.2 Å². The Kier molecular flexibility index (Phi) is 2.84. The van der Waals surface area contributed by atoms with Crippen LogP contribution < -0.4 is 0 Å². The average molecular weight is 249 g/mol. The van der Waals surface area contributed by atoms with Crippen molar-refractivity contribution in [2.24, 2.45) is 11.8 Å². The van der Waals surface area contributed by atoms with Gasteiger partial charge in [-0.2, -0.15) is 0 Å². The van der Waals surface area contributed by atoms with Gasteiger partial charge < -0.3 is 9.67 Å². The molecule has 1 aromatic heterocycles. The predicted molar refractivity (Wildman–Crippen MR) is 65.2 cm³/mol. The molecule has 3 unspecified atom stereocenters. The van der Waals surface area contributed by atoms with E-state index in [0.29, 0.717) is 5.92 Å². The summed E-state index contributed by atoms with van der Waals surface area (Å²) in [5.74, 6) is 1.59. The van der Waals surface area contributed by atoms with Crippen LogP contribution >= 0.6 is 0 Å². The Bertz CT molecular complexity index is 469. The van der Waals surface area contributed by atoms with Gasteiger partial charge in [0.05, 0.1) is 5.92 Å². The minimum absolute atomic E-state index is 0.0619. The van der Waals surface area contributed by atoms with E-state index < -0.39 is 5.97 Å². The lowest BCUT2D eigenvalue weighted by molar-refractivity contribution is -0.142. The van der Waals surface area contributed by atoms with Gasteiger partial charge in [0.15, 0.2) is 0 Å². The lowest BCUT2D eigenvalue weighted by Gasteiger charge is -2.15. The zero-order valence-electron chi connectivity index (χ0n) is 10.7. The Hall–Kier alpha value is -1.39. The smallest absolute Gasteiger partial charge is 0.307 e. The maximum Gasteiger partial charge on any atom is 0.307 e. The van der Waals surface area contributed by atoms with Crippen molar-refractivity contribution in [3.8, 4) is 0 Å². The number of carboxylic acids is 1. The molecular formula is C13H19N3O2. The van der Waals surface area contributed by atoms with E-state index in [9.17, 15) is 9.90 Å². The minimum atomic E-state index is -0.675. The lowest BCUT2D eigenvalue weighted by atomic mass is 9.95. The summed E-state index contributed by atoms with van der Waals surface area (Å²) < 4.78 is 2.15. The average Bonchev–Trinajstić information content (AvgIpc) is 3.02. The Balaban J connectivity index is 1.91. The molecule has 0 spiro atoms. The fourth-order valence-electron chi connectivity index (χ4n) is 3.48. The first-order chi connectivity index (χ1) is 8.70. The first-order valence-corrected chi connectivity index (χ1v) is 6.85. The Morgan fingerprint density at radius 3 is 3.00 bits per heavy atom. The summed E-state index contributed by atoms with van der Waals surface area (Å²) in [5, 5.41) is 17.9. The number of hydrogen-bond acceptors (Lipinski definition) is 3. The molecule has 1 aliphatic heterocycles. The number of fused-ring (bicyclic) bond motifs is 1. The van der Waals surface area contributed by atoms with Gasteiger partial charge in [-0.25, -0.2) is 0 Å². The van der Waals surface area contributed by atoms with E-state index in [0.717, 1.165) is 50.3 Å². The molecule has 18 heavy (non-hydrogen) atoms. The quantitative estimate of drug-likeness (QED) is 0.887. The summed E-state index contributed by atoms with van der Waals surface area (Å²) in [6, 6.07) is 0. The van der Waals surface area contributed by atoms with Gasteiger partial charge in [-0.15, -0.1) is 10.2 Å². The Labute approximate surface area is 106 Å². The van der Waals surface area contributed by atoms with Crippen molar-refractivity contribution in [1.29, 1.82) is 0 Å². The monoisotopic (exact) mass is 249 g/mol. The summed E-state index contributed by atoms with van der Waals surface area (Å²) in [5.41, 5.74) is 0. The second kappa shape index (κ2) is 4.37. The predicted octanol–water partition coefficient (Wildman–Crippen LogP) is 1.83. The summed E-state index contributed by atoms with van der Waals surface area (Å²) in [6.45, 7) is 3.09. The van der Waals surface area contributed by atoms with Crippen LogP contribution in [0.15, 0.2) is 0 Å². The molecule has 3 rings (SSSR count). The van der Waals surface area contributed by atoms with E-state index in [-0.39, 0.29) is 11.8 Å². The van der Waals surface area contributed by atoms with Crippen LogP contribution in [0.25, 0.3) is 0 Å². The molecule has 0 bridgehead atoms. The highest BCUT2D eigenvalue weighted by Crippen LogP contribution is 2.44. The number of aromatic nitrogens is 3. The van der Waals surface area contributed by atoms with Gasteiger partial charge in [0.25, 0.3) is 0 Å². The number of aryl methyl sites for hydroxylation is 1. The highest BCUT2D eigenvalue weighted by atomic mass is 16.4. The highest BCUT2D eigenvalue weighted by Gasteiger charge is 2.42. The van der Waals surface area contributed by atoms with Crippen LogP contribution in [0.2, 0.25) is 0 Å². The highest BCUT2D eigenvalue weighted by molar-refractivity contribution is 5.71. The molecule has 2 aliphatic rings. The van der Waals surface area contributed by atoms with Crippen molar-refractivity contribution in [3.63, 3.8) is 0 Å². The van der Waals surface area contributed by atoms with E-state index in [2.05, 4.69) is 21.7 Å². The number of carboxylic acid groups (broad SMARTS) is 1. The molecule has 5 nitrogen and oxygen atoms in total. The summed E-state index contributed by atoms with van der Waals surface area (Å²) in [4.78, 5) is 11.4. The van der Waals surface area contributed by atoms with E-state index in [4.69, 9.17) is 0 Å². The van der Waals surface area contributed by atoms with E-state index >= 15 is 0 Å². The van der Waals surface area contributed by atoms with Gasteiger partial charge in [0.1, 0.15) is 11.6 Å². The van der Waals surface area contributed by atoms with Gasteiger partial charge in [0.2, 0.25) is 0 Å². The first-order valence-electron chi connectivity index (χ1n) is 6.85. The Morgan fingerprint density at radius 1 is 1.44 bits per heavy atom. The molecule has 0 aromatic carbocycles. The number of rotatable bonds is 3. The fourth-order valence-corrected chi connectivity index (χ4v) is 3.48. The number of aliphatic carboxylic acids is 1. The summed E-state index contributed by atoms with van der Waals surface area (Å²) in [6.07, 6.45) is 4.89. The maximum absolute atomic E-state index is 11.4. The first kappa shape index (κ1) is 11.7. The second-order valence-corrected chi connectivity index (χ2v) is 5.53. The lowest BCUT2D eigenvalue weighted by Crippen LogP contribution is -2.19. The van der Waals surface area contributed by atoms with Gasteiger partial charge in [-0.05, 0) is 25.2 Å². The van der Waals surface area contributed by atoms with Crippen LogP contribution in [0.4, 0.5) is 0 Å². The van der Waals surface area contributed by atoms with Crippen molar-refractivity contribution in [1.82, 2.24) is 14.8 Å². The minimum Gasteiger partial charge on any atom is -0.481 e. The van der Waals surface area contributed by atoms with Crippen molar-refractivity contribution in [2.75, 3.05) is 0 Å². The van der Waals surface area contributed by atoms with Gasteiger partial charge >= 0.3 is 5.97 Å². The standard InChI is InChI=1S/C13H19N3O2/c1-2-8-6-9(10(7-8)13(17)18)12-15-14-11-4-3-5-16(11)12/h8-10H,2-7H2,1H3,(H,17,18). The third kappa shape index (κ3) is 1.72. The van der Waals surface area contributed by atoms with Gasteiger partial charge in [-0.3, -0.25) is 4.79 Å². The van der Waals surface area contributed by atoms with Gasteiger partial charge in [-0.1, -0.05) is 13.3 Å². The molecule has 2 heterocycles. The van der Waals surface area contributed by atoms with Crippen LogP contribution in [-0.2, 0) is 17.8 Å². The third-order valence-corrected chi connectivity index (χ3v) is 4.52. The molecule has 0 radical (unpaired) electrons. The van der Waals surface area contributed by atoms with E-state index in [1.807, 2.05) is 0 Å². The molecule has 5 heteroatoms. The van der Waals surface area contributed by atoms with E-state index in [1.165, 1.54) is 0 Å². The zero-order chi connectivity index (χ0) is 12.7. The number of carbonyl (C=O) groups is 1. The van der Waals surface area contributed by atoms with E-state index in [1.54, 1.807) is 0 Å². The normalized spacial score (nSPS) is 30.6. The molecule has 1 aliphatic carbocycles. The SMILES string of the molecule is CCC1CC(C(=O)O)C(c2nnc3n2CCC3)C1. The molecule has 0 saturated heterocycles. The number of hydrogen-bond donors (Lipinski definition) is 1. The van der Waals surface area contributed by atoms with Crippen molar-refractivity contribution < 1.29 is 9.90 Å². The summed E-state index contributed by atoms with van der Waals surface area (Å²) in [7, 11) is 0. The molecular weight excluding hydrogens is 230 g/mol. The van der Waals surface area contributed by atoms with Crippen molar-refractivity contribution in [2.45, 2.75) is 51.5 Å². The molecule has 0 amide bonds. The molecule has 1 N–H and O–H groups in total. The topological polar surface area (TPSA) is 68.0 Å². The molecule has 1 fully saturated rings. The zero-order valence-corrected chi connectivity index (χ0v) is 10.7. The Morgan fingerprint density at radius 2 is 2.28 bits per heavy atom. The van der Waals surface area contributed by atoms with Crippen LogP contribution in [0, 0.1) is 11.8 Å². The maximum atomic E-state index is 11.4. The molecule has 3 atom stereocenters. The molecule has 98 valence electrons. The second-order valence-electron chi connectivity index (χ2n) is 5.53. The number of nitrogens with zero attached hydrogens (tertiary/aromatic N) is 3. The van der Waals surface area contributed by atoms with Crippen molar-refractivity contribution >= 4 is 5.97 Å². The largest absolute Gasteiger partial charge is 0.481 e. The fraction of sp³-hybridized carbons (Fsp3) is 0.769.